The molecule has 0 aliphatic rings. The summed E-state index contributed by atoms with van der Waals surface area (Å²) in [4.78, 5) is 17.4. The molecule has 0 aliphatic heterocycles. The standard InChI is InChI=1S/C19H26N6O2S/c1-12(2)25-14-8-16(21-9-13(14)22-17(25)10-26)23-15-6-7-20-18(24-15)27-11-19(3,4)28-5/h6-9,12,26H,10-11H2,1-5H3,(H,20,21,23,24). The molecule has 9 heteroatoms. The summed E-state index contributed by atoms with van der Waals surface area (Å²) in [7, 11) is 0. The Morgan fingerprint density at radius 3 is 2.71 bits per heavy atom. The number of fused-ring (bicyclic) bond motifs is 1. The molecule has 2 N–H and O–H groups in total. The summed E-state index contributed by atoms with van der Waals surface area (Å²) in [5.74, 6) is 1.85. The smallest absolute Gasteiger partial charge is 0.318 e. The molecule has 3 rings (SSSR count). The van der Waals surface area contributed by atoms with E-state index in [-0.39, 0.29) is 17.4 Å². The summed E-state index contributed by atoms with van der Waals surface area (Å²) in [6, 6.07) is 4.16. The molecule has 0 amide bonds. The van der Waals surface area contributed by atoms with Gasteiger partial charge in [-0.25, -0.2) is 15.0 Å². The molecule has 0 aromatic carbocycles. The third-order valence-electron chi connectivity index (χ3n) is 4.30. The van der Waals surface area contributed by atoms with Gasteiger partial charge in [0.15, 0.2) is 0 Å². The minimum Gasteiger partial charge on any atom is -0.462 e. The number of nitrogens with zero attached hydrogens (tertiary/aromatic N) is 5. The minimum atomic E-state index is -0.116. The van der Waals surface area contributed by atoms with Crippen LogP contribution < -0.4 is 10.1 Å². The number of hydrogen-bond acceptors (Lipinski definition) is 8. The Balaban J connectivity index is 1.83. The lowest BCUT2D eigenvalue weighted by Gasteiger charge is -2.21. The van der Waals surface area contributed by atoms with Crippen molar-refractivity contribution in [2.45, 2.75) is 45.1 Å². The average Bonchev–Trinajstić information content (AvgIpc) is 3.05. The van der Waals surface area contributed by atoms with Crippen molar-refractivity contribution in [1.29, 1.82) is 0 Å². The highest BCUT2D eigenvalue weighted by Crippen LogP contribution is 2.25. The van der Waals surface area contributed by atoms with Gasteiger partial charge in [-0.1, -0.05) is 0 Å². The number of aliphatic hydroxyl groups is 1. The van der Waals surface area contributed by atoms with Crippen molar-refractivity contribution in [2.24, 2.45) is 0 Å². The van der Waals surface area contributed by atoms with E-state index in [1.54, 1.807) is 30.2 Å². The van der Waals surface area contributed by atoms with Crippen molar-refractivity contribution >= 4 is 34.4 Å². The maximum atomic E-state index is 9.58. The van der Waals surface area contributed by atoms with E-state index in [1.165, 1.54) is 0 Å². The van der Waals surface area contributed by atoms with Crippen molar-refractivity contribution in [1.82, 2.24) is 24.5 Å². The van der Waals surface area contributed by atoms with Gasteiger partial charge in [0, 0.05) is 23.1 Å². The fourth-order valence-corrected chi connectivity index (χ4v) is 2.89. The van der Waals surface area contributed by atoms with Crippen LogP contribution in [-0.2, 0) is 6.61 Å². The number of nitrogens with one attached hydrogen (secondary N) is 1. The number of aromatic nitrogens is 5. The topological polar surface area (TPSA) is 98.0 Å². The molecule has 3 aromatic rings. The van der Waals surface area contributed by atoms with Crippen molar-refractivity contribution in [2.75, 3.05) is 18.2 Å². The van der Waals surface area contributed by atoms with E-state index in [0.717, 1.165) is 11.0 Å². The molecule has 0 aliphatic carbocycles. The number of rotatable bonds is 8. The monoisotopic (exact) mass is 402 g/mol. The van der Waals surface area contributed by atoms with Gasteiger partial charge in [0.1, 0.15) is 36.2 Å². The minimum absolute atomic E-state index is 0.0148. The van der Waals surface area contributed by atoms with Crippen LogP contribution in [0.25, 0.3) is 11.0 Å². The first kappa shape index (κ1) is 20.3. The Kier molecular flexibility index (Phi) is 6.04. The molecule has 0 spiro atoms. The molecular weight excluding hydrogens is 376 g/mol. The van der Waals surface area contributed by atoms with Crippen molar-refractivity contribution in [3.8, 4) is 6.01 Å². The molecule has 0 atom stereocenters. The predicted molar refractivity (Wildman–Crippen MR) is 112 cm³/mol. The number of anilines is 2. The van der Waals surface area contributed by atoms with Crippen LogP contribution in [0.1, 0.15) is 39.6 Å². The Hall–Kier alpha value is -2.39. The summed E-state index contributed by atoms with van der Waals surface area (Å²) >= 11 is 1.73. The fraction of sp³-hybridized carbons (Fsp3) is 0.474. The molecular formula is C19H26N6O2S. The lowest BCUT2D eigenvalue weighted by molar-refractivity contribution is 0.263. The van der Waals surface area contributed by atoms with Gasteiger partial charge < -0.3 is 19.7 Å². The Labute approximate surface area is 168 Å². The van der Waals surface area contributed by atoms with Gasteiger partial charge in [0.05, 0.1) is 11.7 Å². The van der Waals surface area contributed by atoms with Gasteiger partial charge in [-0.2, -0.15) is 16.7 Å². The van der Waals surface area contributed by atoms with Crippen LogP contribution in [0.2, 0.25) is 0 Å². The largest absolute Gasteiger partial charge is 0.462 e. The van der Waals surface area contributed by atoms with E-state index in [0.29, 0.717) is 30.1 Å². The van der Waals surface area contributed by atoms with E-state index in [9.17, 15) is 5.11 Å². The molecule has 0 unspecified atom stereocenters. The molecule has 3 heterocycles. The lowest BCUT2D eigenvalue weighted by atomic mass is 10.2. The van der Waals surface area contributed by atoms with Gasteiger partial charge >= 0.3 is 6.01 Å². The van der Waals surface area contributed by atoms with Crippen LogP contribution in [0.15, 0.2) is 24.5 Å². The Morgan fingerprint density at radius 2 is 2.04 bits per heavy atom. The summed E-state index contributed by atoms with van der Waals surface area (Å²) in [6.45, 7) is 8.72. The zero-order chi connectivity index (χ0) is 20.3. The molecule has 8 nitrogen and oxygen atoms in total. The quantitative estimate of drug-likeness (QED) is 0.590. The predicted octanol–water partition coefficient (Wildman–Crippen LogP) is 3.56. The van der Waals surface area contributed by atoms with Crippen molar-refractivity contribution in [3.05, 3.63) is 30.4 Å². The number of ether oxygens (including phenoxy) is 1. The highest BCUT2D eigenvalue weighted by Gasteiger charge is 2.18. The fourth-order valence-electron chi connectivity index (χ4n) is 2.71. The summed E-state index contributed by atoms with van der Waals surface area (Å²) in [5.41, 5.74) is 1.65. The first-order valence-corrected chi connectivity index (χ1v) is 10.3. The number of thioether (sulfide) groups is 1. The number of pyridine rings is 1. The van der Waals surface area contributed by atoms with E-state index in [4.69, 9.17) is 4.74 Å². The van der Waals surface area contributed by atoms with Gasteiger partial charge in [0.25, 0.3) is 0 Å². The van der Waals surface area contributed by atoms with Crippen molar-refractivity contribution in [3.63, 3.8) is 0 Å². The highest BCUT2D eigenvalue weighted by molar-refractivity contribution is 7.99. The van der Waals surface area contributed by atoms with Crippen LogP contribution in [0.3, 0.4) is 0 Å². The number of aliphatic hydroxyl groups excluding tert-OH is 1. The third kappa shape index (κ3) is 4.53. The average molecular weight is 403 g/mol. The molecule has 0 fully saturated rings. The van der Waals surface area contributed by atoms with E-state index in [1.807, 2.05) is 16.9 Å². The van der Waals surface area contributed by atoms with Crippen LogP contribution in [0.5, 0.6) is 6.01 Å². The zero-order valence-electron chi connectivity index (χ0n) is 16.8. The highest BCUT2D eigenvalue weighted by atomic mass is 32.2. The molecule has 0 bridgehead atoms. The van der Waals surface area contributed by atoms with Crippen molar-refractivity contribution < 1.29 is 9.84 Å². The molecule has 150 valence electrons. The second-order valence-electron chi connectivity index (χ2n) is 7.31. The molecule has 3 aromatic heterocycles. The summed E-state index contributed by atoms with van der Waals surface area (Å²) < 4.78 is 7.72. The van der Waals surface area contributed by atoms with Gasteiger partial charge in [-0.15, -0.1) is 0 Å². The SMILES string of the molecule is CSC(C)(C)COc1nccc(Nc2cc3c(cn2)nc(CO)n3C(C)C)n1. The first-order valence-electron chi connectivity index (χ1n) is 9.08. The maximum absolute atomic E-state index is 9.58. The molecule has 28 heavy (non-hydrogen) atoms. The van der Waals surface area contributed by atoms with Crippen LogP contribution in [0.4, 0.5) is 11.6 Å². The molecule has 0 saturated carbocycles. The Morgan fingerprint density at radius 1 is 1.25 bits per heavy atom. The van der Waals surface area contributed by atoms with Gasteiger partial charge in [0.2, 0.25) is 0 Å². The normalized spacial score (nSPS) is 12.0. The third-order valence-corrected chi connectivity index (χ3v) is 5.52. The lowest BCUT2D eigenvalue weighted by Crippen LogP contribution is -2.24. The van der Waals surface area contributed by atoms with Gasteiger partial charge in [-0.3, -0.25) is 0 Å². The maximum Gasteiger partial charge on any atom is 0.318 e. The van der Waals surface area contributed by atoms with Crippen LogP contribution >= 0.6 is 11.8 Å². The second kappa shape index (κ2) is 8.32. The van der Waals surface area contributed by atoms with Gasteiger partial charge in [-0.05, 0) is 40.0 Å². The second-order valence-corrected chi connectivity index (χ2v) is 8.82. The van der Waals surface area contributed by atoms with E-state index in [2.05, 4.69) is 52.9 Å². The first-order chi connectivity index (χ1) is 13.3. The Bertz CT molecular complexity index is 957. The summed E-state index contributed by atoms with van der Waals surface area (Å²) in [5, 5.41) is 12.8. The van der Waals surface area contributed by atoms with E-state index < -0.39 is 0 Å². The molecule has 0 radical (unpaired) electrons. The van der Waals surface area contributed by atoms with Crippen LogP contribution in [0, 0.1) is 0 Å². The number of imidazole rings is 1. The summed E-state index contributed by atoms with van der Waals surface area (Å²) in [6.07, 6.45) is 5.39. The van der Waals surface area contributed by atoms with E-state index >= 15 is 0 Å². The zero-order valence-corrected chi connectivity index (χ0v) is 17.6. The number of hydrogen-bond donors (Lipinski definition) is 2. The molecule has 0 saturated heterocycles. The van der Waals surface area contributed by atoms with Crippen LogP contribution in [-0.4, -0.2) is 47.2 Å².